The summed E-state index contributed by atoms with van der Waals surface area (Å²) in [7, 11) is 2.41. The highest BCUT2D eigenvalue weighted by Gasteiger charge is 2.52. The van der Waals surface area contributed by atoms with Crippen molar-refractivity contribution in [3.63, 3.8) is 0 Å². The number of rotatable bonds is 18. The van der Waals surface area contributed by atoms with E-state index in [0.29, 0.717) is 6.42 Å². The fourth-order valence-electron chi connectivity index (χ4n) is 14.1. The van der Waals surface area contributed by atoms with Crippen molar-refractivity contribution >= 4 is 76.2 Å². The normalized spacial score (nSPS) is 28.5. The number of ether oxygens (including phenoxy) is 8. The van der Waals surface area contributed by atoms with E-state index in [1.165, 1.54) is 32.2 Å². The summed E-state index contributed by atoms with van der Waals surface area (Å²) in [6, 6.07) is 5.43. The first-order valence-corrected chi connectivity index (χ1v) is 35.6. The predicted octanol–water partition coefficient (Wildman–Crippen LogP) is 3.34. The third-order valence-electron chi connectivity index (χ3n) is 20.0. The number of ketones is 2. The molecule has 588 valence electrons. The number of aliphatic hydroxyl groups excluding tert-OH is 6. The number of halogens is 2. The number of benzene rings is 5. The standard InChI is InChI=1S/C74H86Cl2N6O27/c1-8-31(15-29(2)3)67(95)81-58-45(87)19-36(22-53(77)89)68(96)79-56-35-20-49(105-47-13-10-33(60(58)90)17-41(47)75)64(109-73-65(63(93)62(92)52(28-83)107-73)108-54-26-74(5,66(94)30(4)104-54)78-27-51(102-6)72(101)103-7)50(21-35)106-48-14-11-34(18-42(48)76)61(91)59-70(98)80-57(71(99)100)40-23-37(84)24-44(86)55(40)39-16-32(9-12-43(39)85)38(25-46(56)88)69(97)82-59/h9-14,16-18,20-21,23-24,29-31,36,38,51-52,54,56-63,65-66,73,78,83-86,90-94H,8,15,19,22,25-28H2,1-7H3,(H2,77,89)(H,79,96)(H,80,98)(H,81,95)(H,82,97)(H,99,100)/t30?,31-,36?,38?,51?,52?,54?,56?,57?,58-,59+,60?,61-,62?,63?,65?,66?,73?,74?/m1/s1. The molecule has 0 saturated carbocycles. The molecule has 5 aromatic rings. The number of esters is 1. The van der Waals surface area contributed by atoms with Gasteiger partial charge in [-0.1, -0.05) is 62.2 Å². The number of aliphatic hydroxyl groups is 6. The minimum atomic E-state index is -2.26. The molecular weight excluding hydrogens is 1480 g/mol. The van der Waals surface area contributed by atoms with E-state index in [1.54, 1.807) is 13.8 Å². The lowest BCUT2D eigenvalue weighted by atomic mass is 9.84. The van der Waals surface area contributed by atoms with E-state index in [9.17, 15) is 75.0 Å². The van der Waals surface area contributed by atoms with Crippen molar-refractivity contribution in [2.45, 2.75) is 176 Å². The van der Waals surface area contributed by atoms with Crippen LogP contribution >= 0.6 is 23.2 Å². The first-order chi connectivity index (χ1) is 51.6. The number of nitrogens with one attached hydrogen (secondary N) is 5. The molecule has 5 aromatic carbocycles. The second-order valence-electron chi connectivity index (χ2n) is 28.1. The number of aromatic hydroxyl groups is 3. The largest absolute Gasteiger partial charge is 0.508 e. The molecule has 109 heavy (non-hydrogen) atoms. The third-order valence-corrected chi connectivity index (χ3v) is 20.6. The monoisotopic (exact) mass is 1560 g/mol. The number of carbonyl (C=O) groups excluding carboxylic acids is 8. The van der Waals surface area contributed by atoms with Gasteiger partial charge in [0.15, 0.2) is 47.6 Å². The van der Waals surface area contributed by atoms with Crippen LogP contribution in [0.1, 0.15) is 131 Å². The van der Waals surface area contributed by atoms with E-state index >= 15 is 19.2 Å². The molecule has 7 heterocycles. The summed E-state index contributed by atoms with van der Waals surface area (Å²) in [5.74, 6) is -20.1. The average Bonchev–Trinajstić information content (AvgIpc) is 0.769. The maximum absolute atomic E-state index is 16.3. The molecule has 0 aromatic heterocycles. The molecule has 7 aliphatic heterocycles. The Balaban J connectivity index is 1.22. The van der Waals surface area contributed by atoms with Crippen LogP contribution in [0.15, 0.2) is 78.9 Å². The van der Waals surface area contributed by atoms with Crippen molar-refractivity contribution in [2.24, 2.45) is 23.5 Å². The van der Waals surface area contributed by atoms with Crippen molar-refractivity contribution in [3.8, 4) is 57.1 Å². The zero-order valence-corrected chi connectivity index (χ0v) is 61.4. The van der Waals surface area contributed by atoms with Gasteiger partial charge in [-0.05, 0) is 109 Å². The van der Waals surface area contributed by atoms with Crippen LogP contribution in [0, 0.1) is 17.8 Å². The number of carboxylic acids is 1. The minimum Gasteiger partial charge on any atom is -0.508 e. The van der Waals surface area contributed by atoms with Gasteiger partial charge in [0.05, 0.1) is 47.8 Å². The van der Waals surface area contributed by atoms with Crippen molar-refractivity contribution in [1.82, 2.24) is 26.6 Å². The van der Waals surface area contributed by atoms with Gasteiger partial charge in [0, 0.05) is 73.6 Å². The number of primary amides is 1. The molecule has 7 aliphatic rings. The number of phenolic OH excluding ortho intramolecular Hbond substituents is 3. The predicted molar refractivity (Wildman–Crippen MR) is 380 cm³/mol. The Labute approximate surface area is 633 Å². The Bertz CT molecular complexity index is 4320. The van der Waals surface area contributed by atoms with Gasteiger partial charge in [-0.3, -0.25) is 33.6 Å². The van der Waals surface area contributed by atoms with E-state index in [-0.39, 0.29) is 52.8 Å². The van der Waals surface area contributed by atoms with Crippen LogP contribution in [-0.4, -0.2) is 204 Å². The van der Waals surface area contributed by atoms with Gasteiger partial charge in [-0.15, -0.1) is 0 Å². The maximum atomic E-state index is 16.3. The molecule has 15 unspecified atom stereocenters. The molecule has 12 rings (SSSR count). The number of hydrogen-bond acceptors (Lipinski definition) is 27. The molecule has 19 atom stereocenters. The quantitative estimate of drug-likeness (QED) is 0.0559. The Morgan fingerprint density at radius 3 is 1.97 bits per heavy atom. The molecule has 2 fully saturated rings. The summed E-state index contributed by atoms with van der Waals surface area (Å²) in [6.07, 6.45) is -21.8. The molecular formula is C74H86Cl2N6O27. The van der Waals surface area contributed by atoms with Crippen LogP contribution in [0.5, 0.6) is 46.0 Å². The lowest BCUT2D eigenvalue weighted by Gasteiger charge is -2.48. The summed E-state index contributed by atoms with van der Waals surface area (Å²) >= 11 is 14.3. The van der Waals surface area contributed by atoms with Crippen molar-refractivity contribution in [1.29, 1.82) is 0 Å². The lowest BCUT2D eigenvalue weighted by molar-refractivity contribution is -0.334. The van der Waals surface area contributed by atoms with Gasteiger partial charge < -0.3 is 121 Å². The second-order valence-corrected chi connectivity index (χ2v) is 28.9. The first kappa shape index (κ1) is 82.2. The number of methoxy groups -OCH3 is 2. The zero-order valence-electron chi connectivity index (χ0n) is 59.9. The van der Waals surface area contributed by atoms with Gasteiger partial charge in [0.2, 0.25) is 41.6 Å². The Kier molecular flexibility index (Phi) is 25.9. The molecule has 0 aliphatic carbocycles. The van der Waals surface area contributed by atoms with E-state index in [4.69, 9.17) is 66.8 Å². The van der Waals surface area contributed by atoms with Crippen LogP contribution in [0.3, 0.4) is 0 Å². The zero-order chi connectivity index (χ0) is 79.5. The summed E-state index contributed by atoms with van der Waals surface area (Å²) < 4.78 is 49.3. The van der Waals surface area contributed by atoms with Crippen LogP contribution in [0.4, 0.5) is 0 Å². The van der Waals surface area contributed by atoms with Crippen molar-refractivity contribution in [2.75, 3.05) is 27.4 Å². The number of carbonyl (C=O) groups is 9. The molecule has 2 saturated heterocycles. The fraction of sp³-hybridized carbons (Fsp3) is 0.473. The highest BCUT2D eigenvalue weighted by atomic mass is 35.5. The number of aliphatic carboxylic acids is 1. The van der Waals surface area contributed by atoms with Gasteiger partial charge in [-0.25, -0.2) is 9.59 Å². The highest BCUT2D eigenvalue weighted by Crippen LogP contribution is 2.50. The van der Waals surface area contributed by atoms with E-state index < -0.39 is 261 Å². The summed E-state index contributed by atoms with van der Waals surface area (Å²) in [6.45, 7) is 7.33. The van der Waals surface area contributed by atoms with Gasteiger partial charge >= 0.3 is 11.9 Å². The van der Waals surface area contributed by atoms with Crippen LogP contribution in [-0.2, 0) is 66.8 Å². The van der Waals surface area contributed by atoms with Gasteiger partial charge in [0.25, 0.3) is 0 Å². The number of carboxylic acid groups (broad SMARTS) is 1. The number of hydrogen-bond donors (Lipinski definition) is 16. The van der Waals surface area contributed by atoms with Crippen LogP contribution < -0.4 is 46.5 Å². The fourth-order valence-corrected chi connectivity index (χ4v) is 14.6. The number of Topliss-reactive ketones (excluding diaryl/α,β-unsaturated/α-hetero) is 2. The number of fused-ring (bicyclic) bond motifs is 15. The molecule has 11 bridgehead atoms. The smallest absolute Gasteiger partial charge is 0.336 e. The molecule has 33 nitrogen and oxygen atoms in total. The van der Waals surface area contributed by atoms with E-state index in [2.05, 4.69) is 26.6 Å². The van der Waals surface area contributed by atoms with Crippen LogP contribution in [0.25, 0.3) is 11.1 Å². The number of nitrogens with two attached hydrogens (primary N) is 1. The average molecular weight is 1560 g/mol. The van der Waals surface area contributed by atoms with Gasteiger partial charge in [-0.2, -0.15) is 0 Å². The molecule has 5 amide bonds. The van der Waals surface area contributed by atoms with Gasteiger partial charge in [0.1, 0.15) is 77.4 Å². The Hall–Kier alpha value is -9.33. The first-order valence-electron chi connectivity index (χ1n) is 34.9. The second kappa shape index (κ2) is 34.3. The molecule has 35 heteroatoms. The third kappa shape index (κ3) is 17.9. The van der Waals surface area contributed by atoms with E-state index in [1.807, 2.05) is 13.8 Å². The summed E-state index contributed by atoms with van der Waals surface area (Å²) in [4.78, 5) is 131. The minimum absolute atomic E-state index is 0.0290. The van der Waals surface area contributed by atoms with Crippen molar-refractivity contribution < 1.29 is 132 Å². The molecule has 0 radical (unpaired) electrons. The van der Waals surface area contributed by atoms with Crippen LogP contribution in [0.2, 0.25) is 10.0 Å². The summed E-state index contributed by atoms with van der Waals surface area (Å²) in [5.41, 5.74) is 1.90. The number of amides is 5. The van der Waals surface area contributed by atoms with Crippen molar-refractivity contribution in [3.05, 3.63) is 117 Å². The maximum Gasteiger partial charge on any atom is 0.336 e. The molecule has 17 N–H and O–H groups in total. The topological polar surface area (TPSA) is 516 Å². The lowest BCUT2D eigenvalue weighted by Crippen LogP contribution is -2.66. The molecule has 0 spiro atoms. The Morgan fingerprint density at radius 1 is 0.743 bits per heavy atom. The summed E-state index contributed by atoms with van der Waals surface area (Å²) in [5, 5.41) is 128. The highest BCUT2D eigenvalue weighted by molar-refractivity contribution is 6.32. The SMILES string of the molecule is CC[C@H](CC(C)C)C(=O)N[C@@H]1C(=O)CC(CC(N)=O)C(=O)NC2C(=O)CC3C(=O)N[C@H](C(=O)NC(C(=O)O)c4cc(O)cc(O)c4-c4cc3ccc4O)[C@H](O)c3ccc(c(Cl)c3)Oc3cc2cc(c3OC2OC(CO)C(O)C(O)C2OC2CC(C)(NCC(OC)C(=O)OC)C(O)C(C)O2)Oc2ccc(cc2Cl)C1O. The Morgan fingerprint density at radius 2 is 1.39 bits per heavy atom. The van der Waals surface area contributed by atoms with E-state index in [0.717, 1.165) is 67.8 Å². The number of phenols is 3.